The highest BCUT2D eigenvalue weighted by Gasteiger charge is 2.34. The molecule has 0 radical (unpaired) electrons. The van der Waals surface area contributed by atoms with Crippen LogP contribution in [-0.2, 0) is 17.8 Å². The molecule has 4 rings (SSSR count). The average Bonchev–Trinajstić information content (AvgIpc) is 3.15. The van der Waals surface area contributed by atoms with Gasteiger partial charge in [-0.2, -0.15) is 0 Å². The Morgan fingerprint density at radius 3 is 2.87 bits per heavy atom. The molecule has 1 fully saturated rings. The summed E-state index contributed by atoms with van der Waals surface area (Å²) in [6.45, 7) is 4.23. The Kier molecular flexibility index (Phi) is 5.99. The molecule has 0 aliphatic carbocycles. The number of pyridine rings is 1. The zero-order valence-electron chi connectivity index (χ0n) is 17.4. The van der Waals surface area contributed by atoms with Gasteiger partial charge in [-0.05, 0) is 37.1 Å². The number of rotatable bonds is 7. The maximum Gasteiger partial charge on any atom is 0.221 e. The van der Waals surface area contributed by atoms with E-state index in [4.69, 9.17) is 0 Å². The first-order chi connectivity index (χ1) is 14.6. The van der Waals surface area contributed by atoms with Gasteiger partial charge < -0.3 is 19.9 Å². The van der Waals surface area contributed by atoms with Crippen LogP contribution in [0.4, 0.5) is 5.82 Å². The topological polar surface area (TPSA) is 83.3 Å². The molecule has 1 saturated heterocycles. The normalized spacial score (nSPS) is 19.2. The summed E-state index contributed by atoms with van der Waals surface area (Å²) < 4.78 is 2.12. The standard InChI is InChI=1S/C23H29N5O2/c1-2-20-26-18-8-3-4-9-19(18)28(20)15-11-22(29)25-16-23(30)12-7-14-27(17-23)21-10-5-6-13-24-21/h3-6,8-10,13,30H,2,7,11-12,14-17H2,1H3,(H,25,29). The maximum absolute atomic E-state index is 12.5. The summed E-state index contributed by atoms with van der Waals surface area (Å²) in [7, 11) is 0. The number of aliphatic hydroxyl groups is 1. The molecule has 0 saturated carbocycles. The van der Waals surface area contributed by atoms with Gasteiger partial charge in [-0.1, -0.05) is 25.1 Å². The van der Waals surface area contributed by atoms with Crippen LogP contribution in [0.25, 0.3) is 11.0 Å². The van der Waals surface area contributed by atoms with Gasteiger partial charge in [-0.15, -0.1) is 0 Å². The van der Waals surface area contributed by atoms with Gasteiger partial charge in [0, 0.05) is 45.2 Å². The molecule has 1 amide bonds. The molecule has 2 aromatic heterocycles. The van der Waals surface area contributed by atoms with Crippen molar-refractivity contribution in [3.8, 4) is 0 Å². The summed E-state index contributed by atoms with van der Waals surface area (Å²) in [5.74, 6) is 1.79. The Balaban J connectivity index is 1.34. The van der Waals surface area contributed by atoms with Crippen LogP contribution in [0.2, 0.25) is 0 Å². The van der Waals surface area contributed by atoms with Crippen LogP contribution >= 0.6 is 0 Å². The minimum Gasteiger partial charge on any atom is -0.386 e. The van der Waals surface area contributed by atoms with Crippen molar-refractivity contribution in [1.82, 2.24) is 19.9 Å². The molecule has 1 aromatic carbocycles. The number of anilines is 1. The molecular formula is C23H29N5O2. The molecule has 0 bridgehead atoms. The van der Waals surface area contributed by atoms with E-state index in [1.807, 2.05) is 42.5 Å². The molecule has 1 atom stereocenters. The van der Waals surface area contributed by atoms with Crippen LogP contribution in [0.1, 0.15) is 32.0 Å². The Labute approximate surface area is 176 Å². The number of nitrogens with one attached hydrogen (secondary N) is 1. The molecule has 1 unspecified atom stereocenters. The van der Waals surface area contributed by atoms with Gasteiger partial charge in [0.2, 0.25) is 5.91 Å². The Bertz CT molecular complexity index is 1000. The minimum absolute atomic E-state index is 0.0572. The fourth-order valence-electron chi connectivity index (χ4n) is 4.20. The van der Waals surface area contributed by atoms with Gasteiger partial charge in [-0.3, -0.25) is 4.79 Å². The van der Waals surface area contributed by atoms with Crippen molar-refractivity contribution in [1.29, 1.82) is 0 Å². The number of fused-ring (bicyclic) bond motifs is 1. The van der Waals surface area contributed by atoms with Crippen molar-refractivity contribution in [2.24, 2.45) is 0 Å². The Hall–Kier alpha value is -2.93. The number of benzene rings is 1. The Morgan fingerprint density at radius 2 is 2.07 bits per heavy atom. The highest BCUT2D eigenvalue weighted by molar-refractivity contribution is 5.78. The minimum atomic E-state index is -0.943. The van der Waals surface area contributed by atoms with Crippen molar-refractivity contribution < 1.29 is 9.90 Å². The summed E-state index contributed by atoms with van der Waals surface area (Å²) in [6.07, 6.45) is 4.47. The van der Waals surface area contributed by atoms with Gasteiger partial charge in [-0.25, -0.2) is 9.97 Å². The number of aromatic nitrogens is 3. The number of imidazole rings is 1. The molecule has 3 aromatic rings. The third kappa shape index (κ3) is 4.46. The van der Waals surface area contributed by atoms with E-state index < -0.39 is 5.60 Å². The van der Waals surface area contributed by atoms with Crippen molar-refractivity contribution in [3.63, 3.8) is 0 Å². The number of nitrogens with zero attached hydrogens (tertiary/aromatic N) is 4. The molecule has 7 nitrogen and oxygen atoms in total. The van der Waals surface area contributed by atoms with Crippen LogP contribution < -0.4 is 10.2 Å². The number of hydrogen-bond acceptors (Lipinski definition) is 5. The van der Waals surface area contributed by atoms with Crippen molar-refractivity contribution in [2.45, 2.75) is 44.8 Å². The highest BCUT2D eigenvalue weighted by atomic mass is 16.3. The maximum atomic E-state index is 12.5. The lowest BCUT2D eigenvalue weighted by Gasteiger charge is -2.39. The molecule has 158 valence electrons. The number of hydrogen-bond donors (Lipinski definition) is 2. The second kappa shape index (κ2) is 8.83. The van der Waals surface area contributed by atoms with E-state index in [1.165, 1.54) is 0 Å². The first-order valence-electron chi connectivity index (χ1n) is 10.7. The van der Waals surface area contributed by atoms with Crippen LogP contribution in [0.15, 0.2) is 48.7 Å². The molecule has 1 aliphatic rings. The first kappa shape index (κ1) is 20.3. The summed E-state index contributed by atoms with van der Waals surface area (Å²) in [5, 5.41) is 14.0. The zero-order chi connectivity index (χ0) is 21.0. The summed E-state index contributed by atoms with van der Waals surface area (Å²) in [4.78, 5) is 23.7. The molecule has 7 heteroatoms. The lowest BCUT2D eigenvalue weighted by Crippen LogP contribution is -2.54. The summed E-state index contributed by atoms with van der Waals surface area (Å²) in [5.41, 5.74) is 1.07. The SMILES string of the molecule is CCc1nc2ccccc2n1CCC(=O)NCC1(O)CCCN(c2ccccn2)C1. The van der Waals surface area contributed by atoms with E-state index in [1.54, 1.807) is 6.20 Å². The molecule has 3 heterocycles. The van der Waals surface area contributed by atoms with Crippen molar-refractivity contribution >= 4 is 22.8 Å². The van der Waals surface area contributed by atoms with E-state index in [9.17, 15) is 9.90 Å². The fraction of sp³-hybridized carbons (Fsp3) is 0.435. The highest BCUT2D eigenvalue weighted by Crippen LogP contribution is 2.24. The lowest BCUT2D eigenvalue weighted by molar-refractivity contribution is -0.122. The number of para-hydroxylation sites is 2. The predicted molar refractivity (Wildman–Crippen MR) is 117 cm³/mol. The summed E-state index contributed by atoms with van der Waals surface area (Å²) in [6, 6.07) is 13.8. The first-order valence-corrected chi connectivity index (χ1v) is 10.7. The number of aryl methyl sites for hydroxylation is 2. The van der Waals surface area contributed by atoms with Crippen LogP contribution in [0.3, 0.4) is 0 Å². The van der Waals surface area contributed by atoms with Crippen LogP contribution in [0.5, 0.6) is 0 Å². The second-order valence-electron chi connectivity index (χ2n) is 7.99. The van der Waals surface area contributed by atoms with Gasteiger partial charge in [0.05, 0.1) is 16.6 Å². The van der Waals surface area contributed by atoms with Crippen LogP contribution in [0, 0.1) is 0 Å². The summed E-state index contributed by atoms with van der Waals surface area (Å²) >= 11 is 0. The van der Waals surface area contributed by atoms with E-state index in [0.717, 1.165) is 42.1 Å². The number of β-amino-alcohol motifs (C(OH)–C–C–N with tert-alkyl or cyclic N) is 1. The molecule has 2 N–H and O–H groups in total. The molecule has 1 aliphatic heterocycles. The van der Waals surface area contributed by atoms with Gasteiger partial charge in [0.15, 0.2) is 0 Å². The van der Waals surface area contributed by atoms with E-state index >= 15 is 0 Å². The fourth-order valence-corrected chi connectivity index (χ4v) is 4.20. The third-order valence-corrected chi connectivity index (χ3v) is 5.76. The smallest absolute Gasteiger partial charge is 0.221 e. The van der Waals surface area contributed by atoms with Gasteiger partial charge in [0.1, 0.15) is 11.6 Å². The van der Waals surface area contributed by atoms with E-state index in [-0.39, 0.29) is 12.5 Å². The third-order valence-electron chi connectivity index (χ3n) is 5.76. The van der Waals surface area contributed by atoms with Crippen molar-refractivity contribution in [3.05, 3.63) is 54.5 Å². The number of carbonyl (C=O) groups excluding carboxylic acids is 1. The predicted octanol–water partition coefficient (Wildman–Crippen LogP) is 2.53. The molecule has 0 spiro atoms. The van der Waals surface area contributed by atoms with Gasteiger partial charge >= 0.3 is 0 Å². The van der Waals surface area contributed by atoms with E-state index in [2.05, 4.69) is 31.7 Å². The second-order valence-corrected chi connectivity index (χ2v) is 7.99. The van der Waals surface area contributed by atoms with E-state index in [0.29, 0.717) is 25.9 Å². The number of piperidine rings is 1. The largest absolute Gasteiger partial charge is 0.386 e. The zero-order valence-corrected chi connectivity index (χ0v) is 17.4. The number of amides is 1. The Morgan fingerprint density at radius 1 is 1.23 bits per heavy atom. The quantitative estimate of drug-likeness (QED) is 0.629. The number of carbonyl (C=O) groups is 1. The molecular weight excluding hydrogens is 378 g/mol. The monoisotopic (exact) mass is 407 g/mol. The van der Waals surface area contributed by atoms with Gasteiger partial charge in [0.25, 0.3) is 0 Å². The molecule has 30 heavy (non-hydrogen) atoms. The average molecular weight is 408 g/mol. The lowest BCUT2D eigenvalue weighted by atomic mass is 9.92. The van der Waals surface area contributed by atoms with Crippen molar-refractivity contribution in [2.75, 3.05) is 24.5 Å². The van der Waals surface area contributed by atoms with Crippen LogP contribution in [-0.4, -0.2) is 50.8 Å².